The summed E-state index contributed by atoms with van der Waals surface area (Å²) in [5, 5.41) is 19.8. The molecule has 0 aliphatic carbocycles. The highest BCUT2D eigenvalue weighted by Crippen LogP contribution is 2.28. The zero-order chi connectivity index (χ0) is 23.0. The molecule has 0 aromatic carbocycles. The van der Waals surface area contributed by atoms with Crippen molar-refractivity contribution in [3.05, 3.63) is 12.4 Å². The van der Waals surface area contributed by atoms with E-state index in [1.807, 2.05) is 0 Å². The number of amidine groups is 1. The van der Waals surface area contributed by atoms with E-state index in [4.69, 9.17) is 0 Å². The number of nitrogens with zero attached hydrogens (tertiary/aromatic N) is 2. The first-order valence-electron chi connectivity index (χ1n) is 13.0. The minimum atomic E-state index is -0.910. The van der Waals surface area contributed by atoms with E-state index < -0.39 is 18.2 Å². The molecule has 0 amide bonds. The van der Waals surface area contributed by atoms with Gasteiger partial charge in [-0.3, -0.25) is 0 Å². The number of unbranched alkanes of at least 4 members (excludes halogenated alkanes) is 15. The van der Waals surface area contributed by atoms with Crippen molar-refractivity contribution in [2.75, 3.05) is 0 Å². The molecule has 0 radical (unpaired) electrons. The molecule has 2 N–H and O–H groups in total. The van der Waals surface area contributed by atoms with Crippen molar-refractivity contribution >= 4 is 11.8 Å². The Bertz CT molecular complexity index is 545. The summed E-state index contributed by atoms with van der Waals surface area (Å²) < 4.78 is -0.0614. The predicted molar refractivity (Wildman–Crippen MR) is 130 cm³/mol. The number of aliphatic hydroxyl groups excluding tert-OH is 1. The number of quaternary nitrogens is 1. The Morgan fingerprint density at radius 3 is 1.65 bits per heavy atom. The van der Waals surface area contributed by atoms with Gasteiger partial charge >= 0.3 is 5.97 Å². The van der Waals surface area contributed by atoms with Crippen LogP contribution in [0.4, 0.5) is 0 Å². The fourth-order valence-electron chi connectivity index (χ4n) is 4.70. The monoisotopic (exact) mass is 437 g/mol. The molecule has 3 unspecified atom stereocenters. The first-order valence-corrected chi connectivity index (χ1v) is 13.0. The predicted octanol–water partition coefficient (Wildman–Crippen LogP) is 7.15. The van der Waals surface area contributed by atoms with Crippen LogP contribution in [-0.4, -0.2) is 38.8 Å². The number of aliphatic carboxylic acids is 1. The zero-order valence-corrected chi connectivity index (χ0v) is 20.5. The first kappa shape index (κ1) is 27.8. The Labute approximate surface area is 191 Å². The fourth-order valence-corrected chi connectivity index (χ4v) is 4.70. The lowest BCUT2D eigenvalue weighted by Gasteiger charge is -2.38. The highest BCUT2D eigenvalue weighted by molar-refractivity contribution is 5.82. The van der Waals surface area contributed by atoms with Crippen LogP contribution in [0, 0.1) is 0 Å². The topological polar surface area (TPSA) is 69.9 Å². The summed E-state index contributed by atoms with van der Waals surface area (Å²) in [7, 11) is 0. The molecule has 180 valence electrons. The van der Waals surface area contributed by atoms with E-state index >= 15 is 0 Å². The van der Waals surface area contributed by atoms with E-state index in [-0.39, 0.29) is 4.48 Å². The average Bonchev–Trinajstić information content (AvgIpc) is 3.17. The molecule has 0 bridgehead atoms. The molecule has 1 aliphatic rings. The van der Waals surface area contributed by atoms with Gasteiger partial charge in [-0.2, -0.15) is 0 Å². The molecule has 0 saturated carbocycles. The van der Waals surface area contributed by atoms with E-state index in [0.717, 1.165) is 25.1 Å². The van der Waals surface area contributed by atoms with Crippen LogP contribution < -0.4 is 0 Å². The van der Waals surface area contributed by atoms with Crippen LogP contribution in [-0.2, 0) is 4.79 Å². The van der Waals surface area contributed by atoms with Gasteiger partial charge in [0.1, 0.15) is 6.20 Å². The number of hydrogen-bond acceptors (Lipinski definition) is 3. The van der Waals surface area contributed by atoms with Gasteiger partial charge in [0.25, 0.3) is 0 Å². The third-order valence-electron chi connectivity index (χ3n) is 6.85. The molecule has 0 fully saturated rings. The highest BCUT2D eigenvalue weighted by atomic mass is 16.4. The first-order chi connectivity index (χ1) is 15.0. The summed E-state index contributed by atoms with van der Waals surface area (Å²) in [4.78, 5) is 16.0. The molecule has 1 aliphatic heterocycles. The number of rotatable bonds is 20. The van der Waals surface area contributed by atoms with Crippen molar-refractivity contribution < 1.29 is 19.5 Å². The largest absolute Gasteiger partial charge is 0.477 e. The third-order valence-corrected chi connectivity index (χ3v) is 6.85. The van der Waals surface area contributed by atoms with Crippen LogP contribution in [0.5, 0.6) is 0 Å². The second-order valence-electron chi connectivity index (χ2n) is 9.38. The zero-order valence-electron chi connectivity index (χ0n) is 20.5. The van der Waals surface area contributed by atoms with Gasteiger partial charge in [0.05, 0.1) is 6.20 Å². The van der Waals surface area contributed by atoms with Crippen molar-refractivity contribution in [2.24, 2.45) is 4.99 Å². The van der Waals surface area contributed by atoms with Crippen LogP contribution in [0.15, 0.2) is 17.4 Å². The van der Waals surface area contributed by atoms with Crippen LogP contribution >= 0.6 is 0 Å². The molecule has 31 heavy (non-hydrogen) atoms. The molecule has 1 rings (SSSR count). The highest BCUT2D eigenvalue weighted by Gasteiger charge is 2.47. The SMILES string of the molecule is CCCCCCCCCCCCCCCCCCC1=NC=C[N+]1(C(C)O)C(C)C(=O)O. The summed E-state index contributed by atoms with van der Waals surface area (Å²) >= 11 is 0. The van der Waals surface area contributed by atoms with Crippen LogP contribution in [0.2, 0.25) is 0 Å². The van der Waals surface area contributed by atoms with Crippen molar-refractivity contribution in [2.45, 2.75) is 142 Å². The summed E-state index contributed by atoms with van der Waals surface area (Å²) in [6, 6.07) is -0.737. The summed E-state index contributed by atoms with van der Waals surface area (Å²) in [5.74, 6) is -0.137. The number of hydrogen-bond donors (Lipinski definition) is 2. The van der Waals surface area contributed by atoms with E-state index in [0.29, 0.717) is 0 Å². The molecular formula is C26H49N2O3+. The lowest BCUT2D eigenvalue weighted by molar-refractivity contribution is -0.854. The summed E-state index contributed by atoms with van der Waals surface area (Å²) in [6.45, 7) is 5.57. The smallest absolute Gasteiger partial charge is 0.363 e. The van der Waals surface area contributed by atoms with Gasteiger partial charge in [0.15, 0.2) is 12.3 Å². The molecule has 3 atom stereocenters. The molecule has 0 aromatic rings. The van der Waals surface area contributed by atoms with Crippen molar-refractivity contribution in [3.63, 3.8) is 0 Å². The van der Waals surface area contributed by atoms with Crippen molar-refractivity contribution in [3.8, 4) is 0 Å². The molecular weight excluding hydrogens is 388 g/mol. The Hall–Kier alpha value is -1.20. The molecule has 1 heterocycles. The Morgan fingerprint density at radius 2 is 1.26 bits per heavy atom. The van der Waals surface area contributed by atoms with Gasteiger partial charge in [-0.15, -0.1) is 0 Å². The number of aliphatic hydroxyl groups is 1. The molecule has 5 nitrogen and oxygen atoms in total. The number of carboxylic acids is 1. The molecule has 0 spiro atoms. The second-order valence-corrected chi connectivity index (χ2v) is 9.38. The van der Waals surface area contributed by atoms with Crippen LogP contribution in [0.3, 0.4) is 0 Å². The van der Waals surface area contributed by atoms with Gasteiger partial charge in [-0.25, -0.2) is 14.3 Å². The van der Waals surface area contributed by atoms with Crippen molar-refractivity contribution in [1.82, 2.24) is 0 Å². The van der Waals surface area contributed by atoms with Gasteiger partial charge in [-0.05, 0) is 13.3 Å². The van der Waals surface area contributed by atoms with Gasteiger partial charge < -0.3 is 10.2 Å². The Kier molecular flexibility index (Phi) is 14.8. The molecule has 5 heteroatoms. The van der Waals surface area contributed by atoms with Crippen LogP contribution in [0.25, 0.3) is 0 Å². The lowest BCUT2D eigenvalue weighted by atomic mass is 10.0. The van der Waals surface area contributed by atoms with E-state index in [1.165, 1.54) is 89.9 Å². The van der Waals surface area contributed by atoms with Gasteiger partial charge in [0.2, 0.25) is 5.84 Å². The molecule has 0 saturated heterocycles. The fraction of sp³-hybridized carbons (Fsp3) is 0.846. The minimum absolute atomic E-state index is 0.0614. The maximum atomic E-state index is 11.5. The Morgan fingerprint density at radius 1 is 0.839 bits per heavy atom. The minimum Gasteiger partial charge on any atom is -0.477 e. The summed E-state index contributed by atoms with van der Waals surface area (Å²) in [6.07, 6.45) is 24.6. The van der Waals surface area contributed by atoms with Crippen LogP contribution in [0.1, 0.15) is 130 Å². The van der Waals surface area contributed by atoms with Gasteiger partial charge in [-0.1, -0.05) is 103 Å². The Balaban J connectivity index is 2.03. The molecule has 0 aromatic heterocycles. The third kappa shape index (κ3) is 9.86. The van der Waals surface area contributed by atoms with E-state index in [1.54, 1.807) is 26.2 Å². The van der Waals surface area contributed by atoms with Gasteiger partial charge in [0, 0.05) is 13.3 Å². The second kappa shape index (κ2) is 16.4. The van der Waals surface area contributed by atoms with Crippen molar-refractivity contribution in [1.29, 1.82) is 0 Å². The number of carboxylic acid groups (broad SMARTS) is 1. The number of aliphatic imine (C=N–C) groups is 1. The number of carbonyl (C=O) groups is 1. The maximum Gasteiger partial charge on any atom is 0.363 e. The summed E-state index contributed by atoms with van der Waals surface area (Å²) in [5.41, 5.74) is 0. The van der Waals surface area contributed by atoms with E-state index in [2.05, 4.69) is 11.9 Å². The normalized spacial score (nSPS) is 20.1. The average molecular weight is 438 g/mol. The van der Waals surface area contributed by atoms with E-state index in [9.17, 15) is 15.0 Å². The lowest BCUT2D eigenvalue weighted by Crippen LogP contribution is -2.60. The quantitative estimate of drug-likeness (QED) is 0.157. The maximum absolute atomic E-state index is 11.5. The standard InChI is InChI=1S/C26H48N2O3/c1-4-5-6-7-8-9-10-11-12-13-14-15-16-17-18-19-20-25-27-21-22-28(25,24(3)29)23(2)26(30)31/h21-24,29H,4-20H2,1-3H3/p+1.